The van der Waals surface area contributed by atoms with Crippen molar-refractivity contribution in [3.63, 3.8) is 0 Å². The van der Waals surface area contributed by atoms with Crippen molar-refractivity contribution in [3.05, 3.63) is 12.2 Å². The Kier molecular flexibility index (Phi) is 8.21. The molecule has 16 heavy (non-hydrogen) atoms. The molecule has 4 heteroatoms. The molecule has 1 unspecified atom stereocenters. The van der Waals surface area contributed by atoms with Crippen molar-refractivity contribution >= 4 is 11.9 Å². The Bertz CT molecular complexity index is 245. The molecule has 0 radical (unpaired) electrons. The highest BCUT2D eigenvalue weighted by Gasteiger charge is 2.05. The maximum absolute atomic E-state index is 10.8. The average Bonchev–Trinajstić information content (AvgIpc) is 2.16. The number of carbonyl (C=O) groups is 2. The zero-order valence-electron chi connectivity index (χ0n) is 9.94. The zero-order valence-corrected chi connectivity index (χ0v) is 9.94. The second kappa shape index (κ2) is 8.95. The molecule has 92 valence electrons. The van der Waals surface area contributed by atoms with Crippen LogP contribution in [0.25, 0.3) is 0 Å². The van der Waals surface area contributed by atoms with Gasteiger partial charge in [-0.05, 0) is 25.3 Å². The summed E-state index contributed by atoms with van der Waals surface area (Å²) >= 11 is 0. The molecule has 0 saturated heterocycles. The Morgan fingerprint density at radius 1 is 1.44 bits per heavy atom. The number of hydrogen-bond acceptors (Lipinski definition) is 3. The first kappa shape index (κ1) is 14.7. The van der Waals surface area contributed by atoms with Gasteiger partial charge in [0.05, 0.1) is 0 Å². The van der Waals surface area contributed by atoms with E-state index >= 15 is 0 Å². The molecular formula is C12H20O4. The van der Waals surface area contributed by atoms with Crippen molar-refractivity contribution in [2.75, 3.05) is 0 Å². The maximum Gasteiger partial charge on any atom is 0.303 e. The van der Waals surface area contributed by atoms with Crippen molar-refractivity contribution in [3.8, 4) is 0 Å². The fourth-order valence-corrected chi connectivity index (χ4v) is 1.31. The summed E-state index contributed by atoms with van der Waals surface area (Å²) in [7, 11) is 0. The minimum Gasteiger partial charge on any atom is -0.481 e. The molecule has 0 aromatic heterocycles. The minimum absolute atomic E-state index is 0.174. The van der Waals surface area contributed by atoms with Crippen LogP contribution >= 0.6 is 0 Å². The third kappa shape index (κ3) is 9.24. The van der Waals surface area contributed by atoms with Gasteiger partial charge in [-0.3, -0.25) is 9.59 Å². The van der Waals surface area contributed by atoms with Crippen molar-refractivity contribution in [1.29, 1.82) is 0 Å². The molecule has 0 bridgehead atoms. The standard InChI is InChI=1S/C12H20O4/c1-3-7-11(16-10(2)13)8-5-4-6-9-12(14)15/h5,8,11H,3-4,6-7,9H2,1-2H3,(H,14,15). The van der Waals surface area contributed by atoms with Gasteiger partial charge < -0.3 is 9.84 Å². The van der Waals surface area contributed by atoms with E-state index in [1.807, 2.05) is 19.1 Å². The third-order valence-corrected chi connectivity index (χ3v) is 2.00. The van der Waals surface area contributed by atoms with Gasteiger partial charge >= 0.3 is 11.9 Å². The molecule has 4 nitrogen and oxygen atoms in total. The second-order valence-corrected chi connectivity index (χ2v) is 3.65. The average molecular weight is 228 g/mol. The van der Waals surface area contributed by atoms with Gasteiger partial charge in [-0.1, -0.05) is 19.4 Å². The highest BCUT2D eigenvalue weighted by Crippen LogP contribution is 2.06. The smallest absolute Gasteiger partial charge is 0.303 e. The summed E-state index contributed by atoms with van der Waals surface area (Å²) in [6, 6.07) is 0. The van der Waals surface area contributed by atoms with Crippen LogP contribution in [0.5, 0.6) is 0 Å². The molecule has 0 heterocycles. The number of esters is 1. The van der Waals surface area contributed by atoms with Gasteiger partial charge in [0.1, 0.15) is 6.10 Å². The first-order valence-electron chi connectivity index (χ1n) is 5.62. The predicted octanol–water partition coefficient (Wildman–Crippen LogP) is 2.53. The van der Waals surface area contributed by atoms with Gasteiger partial charge in [0.2, 0.25) is 0 Å². The predicted molar refractivity (Wildman–Crippen MR) is 61.1 cm³/mol. The van der Waals surface area contributed by atoms with E-state index in [4.69, 9.17) is 9.84 Å². The Hall–Kier alpha value is -1.32. The molecular weight excluding hydrogens is 208 g/mol. The van der Waals surface area contributed by atoms with E-state index in [0.29, 0.717) is 12.8 Å². The minimum atomic E-state index is -0.779. The molecule has 0 aromatic rings. The molecule has 0 saturated carbocycles. The highest BCUT2D eigenvalue weighted by atomic mass is 16.5. The van der Waals surface area contributed by atoms with Gasteiger partial charge in [-0.2, -0.15) is 0 Å². The van der Waals surface area contributed by atoms with E-state index < -0.39 is 5.97 Å². The third-order valence-electron chi connectivity index (χ3n) is 2.00. The summed E-state index contributed by atoms with van der Waals surface area (Å²) in [5.41, 5.74) is 0. The van der Waals surface area contributed by atoms with Crippen molar-refractivity contribution in [2.45, 2.75) is 52.1 Å². The lowest BCUT2D eigenvalue weighted by Crippen LogP contribution is -2.13. The summed E-state index contributed by atoms with van der Waals surface area (Å²) in [6.07, 6.45) is 6.78. The number of hydrogen-bond donors (Lipinski definition) is 1. The van der Waals surface area contributed by atoms with Crippen LogP contribution in [0.3, 0.4) is 0 Å². The van der Waals surface area contributed by atoms with E-state index in [-0.39, 0.29) is 18.5 Å². The molecule has 0 aromatic carbocycles. The summed E-state index contributed by atoms with van der Waals surface area (Å²) in [5.74, 6) is -1.06. The summed E-state index contributed by atoms with van der Waals surface area (Å²) in [6.45, 7) is 3.41. The first-order chi connectivity index (χ1) is 7.56. The molecule has 1 atom stereocenters. The first-order valence-corrected chi connectivity index (χ1v) is 5.62. The number of aliphatic carboxylic acids is 1. The Balaban J connectivity index is 3.83. The lowest BCUT2D eigenvalue weighted by Gasteiger charge is -2.11. The number of rotatable bonds is 8. The fraction of sp³-hybridized carbons (Fsp3) is 0.667. The lowest BCUT2D eigenvalue weighted by atomic mass is 10.1. The van der Waals surface area contributed by atoms with Crippen LogP contribution in [-0.4, -0.2) is 23.1 Å². The van der Waals surface area contributed by atoms with Crippen LogP contribution in [0, 0.1) is 0 Å². The fourth-order valence-electron chi connectivity index (χ4n) is 1.31. The summed E-state index contributed by atoms with van der Waals surface area (Å²) in [5, 5.41) is 8.43. The summed E-state index contributed by atoms with van der Waals surface area (Å²) in [4.78, 5) is 21.0. The van der Waals surface area contributed by atoms with Gasteiger partial charge in [-0.15, -0.1) is 0 Å². The highest BCUT2D eigenvalue weighted by molar-refractivity contribution is 5.66. The molecule has 0 fully saturated rings. The van der Waals surface area contributed by atoms with E-state index in [1.165, 1.54) is 6.92 Å². The zero-order chi connectivity index (χ0) is 12.4. The van der Waals surface area contributed by atoms with Crippen LogP contribution in [-0.2, 0) is 14.3 Å². The van der Waals surface area contributed by atoms with Crippen LogP contribution in [0.15, 0.2) is 12.2 Å². The lowest BCUT2D eigenvalue weighted by molar-refractivity contribution is -0.144. The quantitative estimate of drug-likeness (QED) is 0.394. The van der Waals surface area contributed by atoms with Gasteiger partial charge in [0.25, 0.3) is 0 Å². The molecule has 0 aliphatic carbocycles. The van der Waals surface area contributed by atoms with Crippen molar-refractivity contribution < 1.29 is 19.4 Å². The number of carboxylic acids is 1. The van der Waals surface area contributed by atoms with Crippen molar-refractivity contribution in [1.82, 2.24) is 0 Å². The monoisotopic (exact) mass is 228 g/mol. The number of carboxylic acid groups (broad SMARTS) is 1. The molecule has 0 amide bonds. The number of ether oxygens (including phenoxy) is 1. The van der Waals surface area contributed by atoms with E-state index in [9.17, 15) is 9.59 Å². The van der Waals surface area contributed by atoms with Gasteiger partial charge in [-0.25, -0.2) is 0 Å². The number of unbranched alkanes of at least 4 members (excludes halogenated alkanes) is 1. The molecule has 0 rings (SSSR count). The van der Waals surface area contributed by atoms with Crippen LogP contribution in [0.4, 0.5) is 0 Å². The SMILES string of the molecule is CCCC(C=CCCCC(=O)O)OC(C)=O. The van der Waals surface area contributed by atoms with E-state index in [1.54, 1.807) is 0 Å². The second-order valence-electron chi connectivity index (χ2n) is 3.65. The normalized spacial score (nSPS) is 12.6. The van der Waals surface area contributed by atoms with Crippen LogP contribution in [0.1, 0.15) is 46.0 Å². The Morgan fingerprint density at radius 3 is 2.62 bits per heavy atom. The summed E-state index contributed by atoms with van der Waals surface area (Å²) < 4.78 is 5.08. The van der Waals surface area contributed by atoms with Gasteiger partial charge in [0.15, 0.2) is 0 Å². The van der Waals surface area contributed by atoms with Crippen molar-refractivity contribution in [2.24, 2.45) is 0 Å². The Labute approximate surface area is 96.3 Å². The maximum atomic E-state index is 10.8. The van der Waals surface area contributed by atoms with E-state index in [2.05, 4.69) is 0 Å². The van der Waals surface area contributed by atoms with Crippen LogP contribution in [0.2, 0.25) is 0 Å². The molecule has 0 aliphatic heterocycles. The Morgan fingerprint density at radius 2 is 2.12 bits per heavy atom. The van der Waals surface area contributed by atoms with Gasteiger partial charge in [0, 0.05) is 13.3 Å². The van der Waals surface area contributed by atoms with Crippen LogP contribution < -0.4 is 0 Å². The number of allylic oxidation sites excluding steroid dienone is 1. The topological polar surface area (TPSA) is 63.6 Å². The largest absolute Gasteiger partial charge is 0.481 e. The van der Waals surface area contributed by atoms with E-state index in [0.717, 1.165) is 12.8 Å². The number of carbonyl (C=O) groups excluding carboxylic acids is 1. The molecule has 1 N–H and O–H groups in total. The molecule has 0 spiro atoms. The molecule has 0 aliphatic rings.